The van der Waals surface area contributed by atoms with Crippen molar-refractivity contribution in [2.45, 2.75) is 6.92 Å². The summed E-state index contributed by atoms with van der Waals surface area (Å²) in [4.78, 5) is 24.0. The largest absolute Gasteiger partial charge is 0.270 e. The maximum absolute atomic E-state index is 12.0. The molecule has 3 rings (SSSR count). The summed E-state index contributed by atoms with van der Waals surface area (Å²) in [5, 5.41) is 1.77. The molecule has 0 radical (unpaired) electrons. The van der Waals surface area contributed by atoms with E-state index in [-0.39, 0.29) is 11.8 Å². The van der Waals surface area contributed by atoms with Crippen LogP contribution in [0.15, 0.2) is 30.3 Å². The van der Waals surface area contributed by atoms with Crippen LogP contribution in [-0.2, 0) is 0 Å². The van der Waals surface area contributed by atoms with Crippen molar-refractivity contribution in [3.05, 3.63) is 47.0 Å². The van der Waals surface area contributed by atoms with Crippen LogP contribution in [0.2, 0.25) is 0 Å². The summed E-state index contributed by atoms with van der Waals surface area (Å²) in [6.45, 7) is 1.98. The van der Waals surface area contributed by atoms with Crippen molar-refractivity contribution in [3.63, 3.8) is 0 Å². The Hall–Kier alpha value is -1.43. The third-order valence-corrected chi connectivity index (χ3v) is 3.95. The number of carbonyl (C=O) groups excluding carboxylic acids is 2. The lowest BCUT2D eigenvalue weighted by atomic mass is 9.93. The van der Waals surface area contributed by atoms with Crippen LogP contribution < -0.4 is 0 Å². The zero-order chi connectivity index (χ0) is 12.2. The van der Waals surface area contributed by atoms with Crippen molar-refractivity contribution in [2.75, 3.05) is 0 Å². The summed E-state index contributed by atoms with van der Waals surface area (Å²) >= 11 is 1.76. The minimum absolute atomic E-state index is 0.237. The van der Waals surface area contributed by atoms with E-state index in [2.05, 4.69) is 0 Å². The molecule has 0 spiro atoms. The second-order valence-electron chi connectivity index (χ2n) is 4.05. The fourth-order valence-corrected chi connectivity index (χ4v) is 2.73. The number of benzene rings is 2. The number of aryl methyl sites for hydroxylation is 1. The number of hydrogen-bond acceptors (Lipinski definition) is 2. The van der Waals surface area contributed by atoms with Crippen LogP contribution in [0.5, 0.6) is 0 Å². The van der Waals surface area contributed by atoms with E-state index in [1.807, 2.05) is 25.1 Å². The van der Waals surface area contributed by atoms with Crippen LogP contribution in [0.25, 0.3) is 10.8 Å². The van der Waals surface area contributed by atoms with Gasteiger partial charge in [0.1, 0.15) is 0 Å². The van der Waals surface area contributed by atoms with E-state index >= 15 is 0 Å². The van der Waals surface area contributed by atoms with E-state index in [1.165, 1.54) is 0 Å². The first kappa shape index (κ1) is 10.7. The Kier molecular flexibility index (Phi) is 2.22. The molecule has 0 N–H and O–H groups in total. The predicted molar refractivity (Wildman–Crippen MR) is 73.2 cm³/mol. The number of imide groups is 1. The second kappa shape index (κ2) is 3.53. The lowest BCUT2D eigenvalue weighted by Gasteiger charge is -2.22. The van der Waals surface area contributed by atoms with Crippen LogP contribution in [0.1, 0.15) is 26.3 Å². The first-order chi connectivity index (χ1) is 8.11. The van der Waals surface area contributed by atoms with E-state index in [0.717, 1.165) is 19.4 Å². The summed E-state index contributed by atoms with van der Waals surface area (Å²) in [5.74, 6) is -0.474. The smallest absolute Gasteiger partial charge is 0.268 e. The van der Waals surface area contributed by atoms with Gasteiger partial charge in [0.05, 0.1) is 22.9 Å². The molecule has 0 aliphatic carbocycles. The monoisotopic (exact) mass is 337 g/mol. The molecule has 4 heteroatoms. The molecular formula is C13H8INO2. The summed E-state index contributed by atoms with van der Waals surface area (Å²) in [6.07, 6.45) is 0. The van der Waals surface area contributed by atoms with Crippen molar-refractivity contribution in [1.29, 1.82) is 0 Å². The number of nitrogens with zero attached hydrogens (tertiary/aromatic N) is 1. The Labute approximate surface area is 112 Å². The number of carbonyl (C=O) groups is 2. The topological polar surface area (TPSA) is 37.4 Å². The molecule has 2 amide bonds. The van der Waals surface area contributed by atoms with Crippen molar-refractivity contribution in [1.82, 2.24) is 3.11 Å². The van der Waals surface area contributed by atoms with E-state index in [4.69, 9.17) is 0 Å². The molecule has 0 bridgehead atoms. The highest BCUT2D eigenvalue weighted by Gasteiger charge is 2.31. The van der Waals surface area contributed by atoms with Crippen molar-refractivity contribution < 1.29 is 9.59 Å². The van der Waals surface area contributed by atoms with Crippen molar-refractivity contribution >= 4 is 45.5 Å². The fraction of sp³-hybridized carbons (Fsp3) is 0.0769. The van der Waals surface area contributed by atoms with E-state index in [1.54, 1.807) is 35.0 Å². The van der Waals surface area contributed by atoms with Crippen LogP contribution in [0.4, 0.5) is 0 Å². The Balaban J connectivity index is 2.54. The van der Waals surface area contributed by atoms with Gasteiger partial charge in [-0.15, -0.1) is 0 Å². The Bertz CT molecular complexity index is 656. The van der Waals surface area contributed by atoms with Gasteiger partial charge in [0.15, 0.2) is 0 Å². The SMILES string of the molecule is Cc1ccc2c3c(cccc13)C(=O)N(I)C2=O. The minimum Gasteiger partial charge on any atom is -0.268 e. The van der Waals surface area contributed by atoms with Gasteiger partial charge in [0.25, 0.3) is 11.8 Å². The molecule has 2 aromatic rings. The van der Waals surface area contributed by atoms with Crippen molar-refractivity contribution in [3.8, 4) is 0 Å². The first-order valence-corrected chi connectivity index (χ1v) is 6.14. The van der Waals surface area contributed by atoms with Gasteiger partial charge in [-0.1, -0.05) is 18.2 Å². The molecule has 2 aromatic carbocycles. The van der Waals surface area contributed by atoms with Gasteiger partial charge in [0, 0.05) is 16.5 Å². The molecule has 0 saturated carbocycles. The molecule has 1 aliphatic rings. The average Bonchev–Trinajstić information content (AvgIpc) is 2.35. The predicted octanol–water partition coefficient (Wildman–Crippen LogP) is 3.09. The highest BCUT2D eigenvalue weighted by molar-refractivity contribution is 14.1. The maximum atomic E-state index is 12.0. The van der Waals surface area contributed by atoms with Crippen LogP contribution in [-0.4, -0.2) is 14.9 Å². The zero-order valence-electron chi connectivity index (χ0n) is 9.03. The summed E-state index contributed by atoms with van der Waals surface area (Å²) in [5.41, 5.74) is 2.29. The zero-order valence-corrected chi connectivity index (χ0v) is 11.2. The highest BCUT2D eigenvalue weighted by Crippen LogP contribution is 2.32. The fourth-order valence-electron chi connectivity index (χ4n) is 2.21. The molecule has 1 aliphatic heterocycles. The number of halogens is 1. The summed E-state index contributed by atoms with van der Waals surface area (Å²) in [6, 6.07) is 9.28. The summed E-state index contributed by atoms with van der Waals surface area (Å²) in [7, 11) is 0. The number of rotatable bonds is 0. The molecule has 0 unspecified atom stereocenters. The minimum atomic E-state index is -0.237. The average molecular weight is 337 g/mol. The normalized spacial score (nSPS) is 14.6. The number of hydrogen-bond donors (Lipinski definition) is 0. The molecular weight excluding hydrogens is 329 g/mol. The van der Waals surface area contributed by atoms with E-state index in [9.17, 15) is 9.59 Å². The molecule has 84 valence electrons. The van der Waals surface area contributed by atoms with Gasteiger partial charge in [0.2, 0.25) is 0 Å². The molecule has 17 heavy (non-hydrogen) atoms. The third kappa shape index (κ3) is 1.33. The molecule has 0 aromatic heterocycles. The Morgan fingerprint density at radius 3 is 2.35 bits per heavy atom. The molecule has 0 saturated heterocycles. The van der Waals surface area contributed by atoms with Gasteiger partial charge >= 0.3 is 0 Å². The number of amides is 2. The van der Waals surface area contributed by atoms with Crippen LogP contribution >= 0.6 is 22.9 Å². The lowest BCUT2D eigenvalue weighted by molar-refractivity contribution is 0.0758. The van der Waals surface area contributed by atoms with Crippen LogP contribution in [0, 0.1) is 6.92 Å². The standard InChI is InChI=1S/C13H8INO2/c1-7-5-6-10-11-8(7)3-2-4-9(11)12(16)15(14)13(10)17/h2-6H,1H3. The highest BCUT2D eigenvalue weighted by atomic mass is 127. The second-order valence-corrected chi connectivity index (χ2v) is 5.01. The summed E-state index contributed by atoms with van der Waals surface area (Å²) < 4.78 is 1.14. The van der Waals surface area contributed by atoms with E-state index in [0.29, 0.717) is 11.1 Å². The Morgan fingerprint density at radius 1 is 1.00 bits per heavy atom. The third-order valence-electron chi connectivity index (χ3n) is 3.08. The molecule has 0 fully saturated rings. The van der Waals surface area contributed by atoms with Crippen molar-refractivity contribution in [2.24, 2.45) is 0 Å². The first-order valence-electron chi connectivity index (χ1n) is 5.18. The molecule has 1 heterocycles. The van der Waals surface area contributed by atoms with E-state index < -0.39 is 0 Å². The quantitative estimate of drug-likeness (QED) is 0.421. The van der Waals surface area contributed by atoms with Crippen LogP contribution in [0.3, 0.4) is 0 Å². The lowest BCUT2D eigenvalue weighted by Crippen LogP contribution is -2.32. The maximum Gasteiger partial charge on any atom is 0.270 e. The van der Waals surface area contributed by atoms with Gasteiger partial charge < -0.3 is 0 Å². The molecule has 0 atom stereocenters. The van der Waals surface area contributed by atoms with Gasteiger partial charge in [-0.2, -0.15) is 0 Å². The Morgan fingerprint density at radius 2 is 1.65 bits per heavy atom. The van der Waals surface area contributed by atoms with Gasteiger partial charge in [-0.05, 0) is 30.0 Å². The molecule has 3 nitrogen and oxygen atoms in total. The van der Waals surface area contributed by atoms with Gasteiger partial charge in [-0.25, -0.2) is 3.11 Å². The van der Waals surface area contributed by atoms with Gasteiger partial charge in [-0.3, -0.25) is 9.59 Å².